The maximum atomic E-state index is 13.1. The molecule has 2 bridgehead atoms. The van der Waals surface area contributed by atoms with E-state index in [4.69, 9.17) is 4.74 Å². The Kier molecular flexibility index (Phi) is 6.50. The Balaban J connectivity index is 1.22. The molecule has 3 N–H and O–H groups in total. The summed E-state index contributed by atoms with van der Waals surface area (Å²) in [4.78, 5) is 37.6. The summed E-state index contributed by atoms with van der Waals surface area (Å²) in [6.45, 7) is 2.12. The number of benzene rings is 2. The normalized spacial score (nSPS) is 24.9. The van der Waals surface area contributed by atoms with E-state index in [2.05, 4.69) is 34.9 Å². The molecule has 7 nitrogen and oxygen atoms in total. The molecule has 184 valence electrons. The Bertz CT molecular complexity index is 1090. The van der Waals surface area contributed by atoms with E-state index >= 15 is 0 Å². The molecule has 2 amide bonds. The standard InChI is InChI=1S/C28H32N2O5/c1-2-7-23(26(31)30-25-17-13-12-16(14-17)24(25)27(32)33)29-28(34)35-15-22-20-10-5-3-8-18(20)19-9-4-6-11-21(19)22/h3-6,8-11,16-17,22-25H,2,7,12-15H2,1H3,(H,29,34)(H,30,31)(H,32,33)/t16?,17?,23-,24?,25?/m0/s1. The average Bonchev–Trinajstić information content (AvgIpc) is 3.54. The molecule has 35 heavy (non-hydrogen) atoms. The Morgan fingerprint density at radius 2 is 1.63 bits per heavy atom. The van der Waals surface area contributed by atoms with Gasteiger partial charge in [0.2, 0.25) is 5.91 Å². The van der Waals surface area contributed by atoms with Gasteiger partial charge in [-0.1, -0.05) is 61.9 Å². The third kappa shape index (κ3) is 4.40. The summed E-state index contributed by atoms with van der Waals surface area (Å²) in [7, 11) is 0. The molecule has 0 aliphatic heterocycles. The van der Waals surface area contributed by atoms with Crippen molar-refractivity contribution in [1.29, 1.82) is 0 Å². The summed E-state index contributed by atoms with van der Waals surface area (Å²) in [6.07, 6.45) is 3.21. The Morgan fingerprint density at radius 1 is 1.00 bits per heavy atom. The number of ether oxygens (including phenoxy) is 1. The summed E-state index contributed by atoms with van der Waals surface area (Å²) in [5.74, 6) is -1.46. The summed E-state index contributed by atoms with van der Waals surface area (Å²) in [5, 5.41) is 15.4. The molecule has 7 heteroatoms. The molecule has 2 aromatic rings. The number of alkyl carbamates (subject to hydrolysis) is 1. The van der Waals surface area contributed by atoms with Crippen LogP contribution >= 0.6 is 0 Å². The van der Waals surface area contributed by atoms with Crippen LogP contribution in [0.1, 0.15) is 56.1 Å². The van der Waals surface area contributed by atoms with Crippen LogP contribution in [0, 0.1) is 17.8 Å². The average molecular weight is 477 g/mol. The van der Waals surface area contributed by atoms with Crippen molar-refractivity contribution in [1.82, 2.24) is 10.6 Å². The van der Waals surface area contributed by atoms with Crippen LogP contribution in [-0.2, 0) is 14.3 Å². The maximum absolute atomic E-state index is 13.1. The predicted octanol–water partition coefficient (Wildman–Crippen LogP) is 4.31. The fraction of sp³-hybridized carbons (Fsp3) is 0.464. The fourth-order valence-corrected chi connectivity index (χ4v) is 6.46. The minimum atomic E-state index is -0.848. The van der Waals surface area contributed by atoms with E-state index in [0.717, 1.165) is 41.5 Å². The van der Waals surface area contributed by atoms with E-state index in [0.29, 0.717) is 12.8 Å². The third-order valence-electron chi connectivity index (χ3n) is 8.04. The van der Waals surface area contributed by atoms with Crippen LogP contribution in [0.3, 0.4) is 0 Å². The van der Waals surface area contributed by atoms with Crippen LogP contribution in [0.5, 0.6) is 0 Å². The van der Waals surface area contributed by atoms with Crippen molar-refractivity contribution in [2.45, 2.75) is 57.0 Å². The largest absolute Gasteiger partial charge is 0.481 e. The number of carbonyl (C=O) groups excluding carboxylic acids is 2. The van der Waals surface area contributed by atoms with E-state index in [1.807, 2.05) is 31.2 Å². The summed E-state index contributed by atoms with van der Waals surface area (Å²) in [5.41, 5.74) is 4.55. The van der Waals surface area contributed by atoms with E-state index < -0.39 is 24.0 Å². The van der Waals surface area contributed by atoms with Crippen LogP contribution in [0.2, 0.25) is 0 Å². The van der Waals surface area contributed by atoms with Gasteiger partial charge in [0, 0.05) is 12.0 Å². The molecule has 4 unspecified atom stereocenters. The van der Waals surface area contributed by atoms with Crippen LogP contribution in [0.4, 0.5) is 4.79 Å². The molecule has 0 saturated heterocycles. The number of nitrogens with one attached hydrogen (secondary N) is 2. The molecular weight excluding hydrogens is 444 g/mol. The number of carbonyl (C=O) groups is 3. The van der Waals surface area contributed by atoms with Gasteiger partial charge in [-0.3, -0.25) is 9.59 Å². The molecule has 0 heterocycles. The number of rotatable bonds is 8. The predicted molar refractivity (Wildman–Crippen MR) is 131 cm³/mol. The first-order chi connectivity index (χ1) is 17.0. The van der Waals surface area contributed by atoms with Crippen LogP contribution in [-0.4, -0.2) is 41.8 Å². The van der Waals surface area contributed by atoms with Crippen molar-refractivity contribution in [3.8, 4) is 11.1 Å². The maximum Gasteiger partial charge on any atom is 0.407 e. The number of fused-ring (bicyclic) bond motifs is 5. The van der Waals surface area contributed by atoms with Gasteiger partial charge in [-0.15, -0.1) is 0 Å². The highest BCUT2D eigenvalue weighted by Gasteiger charge is 2.51. The van der Waals surface area contributed by atoms with Gasteiger partial charge in [-0.05, 0) is 59.8 Å². The lowest BCUT2D eigenvalue weighted by Gasteiger charge is -2.30. The van der Waals surface area contributed by atoms with E-state index in [9.17, 15) is 19.5 Å². The highest BCUT2D eigenvalue weighted by Crippen LogP contribution is 2.48. The minimum Gasteiger partial charge on any atom is -0.481 e. The number of hydrogen-bond donors (Lipinski definition) is 3. The first kappa shape index (κ1) is 23.4. The second kappa shape index (κ2) is 9.72. The SMILES string of the molecule is CCC[C@H](NC(=O)OCC1c2ccccc2-c2ccccc21)C(=O)NC1C2CCC(C2)C1C(=O)O. The lowest BCUT2D eigenvalue weighted by atomic mass is 9.84. The molecule has 3 aliphatic carbocycles. The first-order valence-corrected chi connectivity index (χ1v) is 12.6. The van der Waals surface area contributed by atoms with Gasteiger partial charge in [-0.2, -0.15) is 0 Å². The van der Waals surface area contributed by atoms with Gasteiger partial charge in [0.1, 0.15) is 12.6 Å². The molecule has 2 saturated carbocycles. The molecule has 0 spiro atoms. The van der Waals surface area contributed by atoms with Gasteiger partial charge < -0.3 is 20.5 Å². The Morgan fingerprint density at radius 3 is 2.26 bits per heavy atom. The third-order valence-corrected chi connectivity index (χ3v) is 8.04. The highest BCUT2D eigenvalue weighted by atomic mass is 16.5. The zero-order valence-corrected chi connectivity index (χ0v) is 19.9. The summed E-state index contributed by atoms with van der Waals surface area (Å²) >= 11 is 0. The monoisotopic (exact) mass is 476 g/mol. The van der Waals surface area contributed by atoms with Gasteiger partial charge >= 0.3 is 12.1 Å². The van der Waals surface area contributed by atoms with Crippen molar-refractivity contribution < 1.29 is 24.2 Å². The molecule has 0 aromatic heterocycles. The highest BCUT2D eigenvalue weighted by molar-refractivity contribution is 5.86. The van der Waals surface area contributed by atoms with Crippen LogP contribution in [0.25, 0.3) is 11.1 Å². The first-order valence-electron chi connectivity index (χ1n) is 12.6. The van der Waals surface area contributed by atoms with Crippen molar-refractivity contribution in [3.05, 3.63) is 59.7 Å². The fourth-order valence-electron chi connectivity index (χ4n) is 6.46. The van der Waals surface area contributed by atoms with Gasteiger partial charge in [0.05, 0.1) is 5.92 Å². The molecule has 3 aliphatic rings. The van der Waals surface area contributed by atoms with E-state index in [1.54, 1.807) is 0 Å². The van der Waals surface area contributed by atoms with E-state index in [1.165, 1.54) is 0 Å². The molecule has 0 radical (unpaired) electrons. The second-order valence-electron chi connectivity index (χ2n) is 10.0. The van der Waals surface area contributed by atoms with E-state index in [-0.39, 0.29) is 36.3 Å². The molecular formula is C28H32N2O5. The molecule has 2 aromatic carbocycles. The Hall–Kier alpha value is -3.35. The number of hydrogen-bond acceptors (Lipinski definition) is 4. The van der Waals surface area contributed by atoms with Gasteiger partial charge in [-0.25, -0.2) is 4.79 Å². The lowest BCUT2D eigenvalue weighted by Crippen LogP contribution is -2.54. The van der Waals surface area contributed by atoms with Crippen molar-refractivity contribution in [2.24, 2.45) is 17.8 Å². The Labute approximate surface area is 205 Å². The number of aliphatic carboxylic acids is 1. The van der Waals surface area contributed by atoms with Gasteiger partial charge in [0.25, 0.3) is 0 Å². The molecule has 5 atom stereocenters. The zero-order chi connectivity index (χ0) is 24.5. The summed E-state index contributed by atoms with van der Waals surface area (Å²) in [6, 6.07) is 15.1. The number of carboxylic acids is 1. The molecule has 2 fully saturated rings. The number of amides is 2. The van der Waals surface area contributed by atoms with Crippen LogP contribution in [0.15, 0.2) is 48.5 Å². The quantitative estimate of drug-likeness (QED) is 0.527. The zero-order valence-electron chi connectivity index (χ0n) is 19.9. The second-order valence-corrected chi connectivity index (χ2v) is 10.0. The topological polar surface area (TPSA) is 105 Å². The van der Waals surface area contributed by atoms with Crippen molar-refractivity contribution in [3.63, 3.8) is 0 Å². The minimum absolute atomic E-state index is 0.0584. The smallest absolute Gasteiger partial charge is 0.407 e. The number of carboxylic acid groups (broad SMARTS) is 1. The van der Waals surface area contributed by atoms with Crippen molar-refractivity contribution in [2.75, 3.05) is 6.61 Å². The molecule has 5 rings (SSSR count). The lowest BCUT2D eigenvalue weighted by molar-refractivity contribution is -0.144. The van der Waals surface area contributed by atoms with Crippen LogP contribution < -0.4 is 10.6 Å². The van der Waals surface area contributed by atoms with Gasteiger partial charge in [0.15, 0.2) is 0 Å². The van der Waals surface area contributed by atoms with Crippen molar-refractivity contribution >= 4 is 18.0 Å². The summed E-state index contributed by atoms with van der Waals surface area (Å²) < 4.78 is 5.62.